The Balaban J connectivity index is 2.18. The number of halogens is 1. The molecule has 0 fully saturated rings. The highest BCUT2D eigenvalue weighted by atomic mass is 79.9. The lowest BCUT2D eigenvalue weighted by Crippen LogP contribution is -3.12. The van der Waals surface area contributed by atoms with E-state index in [4.69, 9.17) is 0 Å². The van der Waals surface area contributed by atoms with E-state index in [1.54, 1.807) is 0 Å². The van der Waals surface area contributed by atoms with E-state index in [0.717, 1.165) is 27.2 Å². The Kier molecular flexibility index (Phi) is 5.78. The van der Waals surface area contributed by atoms with Gasteiger partial charge in [0.15, 0.2) is 11.8 Å². The summed E-state index contributed by atoms with van der Waals surface area (Å²) < 4.78 is 1.04. The highest BCUT2D eigenvalue weighted by Crippen LogP contribution is 2.19. The van der Waals surface area contributed by atoms with E-state index < -0.39 is 0 Å². The first kappa shape index (κ1) is 18.6. The molecule has 1 unspecified atom stereocenters. The average molecular weight is 392 g/mol. The predicted molar refractivity (Wildman–Crippen MR) is 98.8 cm³/mol. The number of benzene rings is 1. The van der Waals surface area contributed by atoms with Crippen molar-refractivity contribution in [3.63, 3.8) is 0 Å². The Bertz CT molecular complexity index is 762. The van der Waals surface area contributed by atoms with E-state index in [9.17, 15) is 9.59 Å². The Labute approximate surface area is 151 Å². The number of ketones is 2. The van der Waals surface area contributed by atoms with Crippen LogP contribution in [0.1, 0.15) is 51.5 Å². The molecular weight excluding hydrogens is 368 g/mol. The minimum atomic E-state index is -0.204. The monoisotopic (exact) mass is 391 g/mol. The minimum Gasteiger partial charge on any atom is -0.355 e. The van der Waals surface area contributed by atoms with Gasteiger partial charge in [0.1, 0.15) is 6.54 Å². The molecule has 1 aromatic carbocycles. The quantitative estimate of drug-likeness (QED) is 0.743. The Morgan fingerprint density at radius 3 is 2.29 bits per heavy atom. The molecule has 0 saturated carbocycles. The van der Waals surface area contributed by atoms with Crippen LogP contribution >= 0.6 is 15.9 Å². The van der Waals surface area contributed by atoms with E-state index >= 15 is 0 Å². The topological polar surface area (TPSA) is 54.4 Å². The van der Waals surface area contributed by atoms with Crippen molar-refractivity contribution in [2.75, 3.05) is 7.05 Å². The minimum absolute atomic E-state index is 0.0106. The van der Waals surface area contributed by atoms with Gasteiger partial charge in [-0.3, -0.25) is 9.59 Å². The third-order valence-corrected chi connectivity index (χ3v) is 5.09. The highest BCUT2D eigenvalue weighted by molar-refractivity contribution is 9.10. The first-order chi connectivity index (χ1) is 11.2. The number of carbonyl (C=O) groups is 2. The number of aromatic amines is 1. The summed E-state index contributed by atoms with van der Waals surface area (Å²) in [5, 5.41) is 0. The van der Waals surface area contributed by atoms with Gasteiger partial charge in [-0.1, -0.05) is 28.1 Å². The number of hydrogen-bond acceptors (Lipinski definition) is 2. The fraction of sp³-hybridized carbons (Fsp3) is 0.368. The third-order valence-electron chi connectivity index (χ3n) is 4.56. The normalized spacial score (nSPS) is 13.6. The first-order valence-electron chi connectivity index (χ1n) is 8.03. The van der Waals surface area contributed by atoms with Gasteiger partial charge in [-0.2, -0.15) is 0 Å². The van der Waals surface area contributed by atoms with E-state index in [2.05, 4.69) is 33.0 Å². The van der Waals surface area contributed by atoms with Crippen LogP contribution < -0.4 is 4.90 Å². The second-order valence-electron chi connectivity index (χ2n) is 6.42. The number of aromatic nitrogens is 1. The van der Waals surface area contributed by atoms with E-state index in [0.29, 0.717) is 11.3 Å². The Morgan fingerprint density at radius 2 is 1.79 bits per heavy atom. The number of nitrogens with one attached hydrogen (secondary N) is 2. The zero-order valence-corrected chi connectivity index (χ0v) is 16.4. The molecule has 5 heteroatoms. The zero-order chi connectivity index (χ0) is 18.0. The van der Waals surface area contributed by atoms with Gasteiger partial charge in [0, 0.05) is 21.3 Å². The number of carbonyl (C=O) groups excluding carboxylic acids is 2. The smallest absolute Gasteiger partial charge is 0.235 e. The van der Waals surface area contributed by atoms with E-state index in [1.165, 1.54) is 12.5 Å². The van der Waals surface area contributed by atoms with Gasteiger partial charge in [0.2, 0.25) is 5.78 Å². The van der Waals surface area contributed by atoms with Crippen molar-refractivity contribution < 1.29 is 14.5 Å². The fourth-order valence-corrected chi connectivity index (χ4v) is 3.31. The molecule has 0 saturated heterocycles. The van der Waals surface area contributed by atoms with Gasteiger partial charge < -0.3 is 9.88 Å². The molecule has 24 heavy (non-hydrogen) atoms. The number of rotatable bonds is 6. The average Bonchev–Trinajstić information content (AvgIpc) is 2.82. The first-order valence-corrected chi connectivity index (χ1v) is 8.82. The third kappa shape index (κ3) is 3.84. The molecule has 128 valence electrons. The summed E-state index contributed by atoms with van der Waals surface area (Å²) in [6.07, 6.45) is 0. The van der Waals surface area contributed by atoms with Gasteiger partial charge >= 0.3 is 0 Å². The molecule has 1 heterocycles. The summed E-state index contributed by atoms with van der Waals surface area (Å²) in [5.41, 5.74) is 3.89. The van der Waals surface area contributed by atoms with Crippen LogP contribution in [-0.2, 0) is 6.54 Å². The largest absolute Gasteiger partial charge is 0.355 e. The Morgan fingerprint density at radius 1 is 1.21 bits per heavy atom. The van der Waals surface area contributed by atoms with Crippen molar-refractivity contribution in [1.29, 1.82) is 0 Å². The molecule has 1 aromatic heterocycles. The molecule has 2 aromatic rings. The summed E-state index contributed by atoms with van der Waals surface area (Å²) >= 11 is 3.43. The van der Waals surface area contributed by atoms with Crippen LogP contribution in [0, 0.1) is 13.8 Å². The number of hydrogen-bond donors (Lipinski definition) is 2. The number of Topliss-reactive ketones (excluding diaryl/α,β-unsaturated/α-hetero) is 2. The number of H-pyrrole nitrogens is 1. The number of likely N-dealkylation sites (N-methyl/N-ethyl adjacent to an activating group) is 1. The maximum absolute atomic E-state index is 12.9. The van der Waals surface area contributed by atoms with Crippen LogP contribution in [0.25, 0.3) is 0 Å². The van der Waals surface area contributed by atoms with Crippen molar-refractivity contribution in [1.82, 2.24) is 4.98 Å². The molecule has 0 aliphatic carbocycles. The lowest BCUT2D eigenvalue weighted by atomic mass is 10.0. The van der Waals surface area contributed by atoms with Crippen LogP contribution in [0.3, 0.4) is 0 Å². The van der Waals surface area contributed by atoms with Crippen molar-refractivity contribution in [3.8, 4) is 0 Å². The highest BCUT2D eigenvalue weighted by Gasteiger charge is 2.28. The molecule has 2 N–H and O–H groups in total. The lowest BCUT2D eigenvalue weighted by Gasteiger charge is -2.20. The number of aryl methyl sites for hydroxylation is 1. The fourth-order valence-electron chi connectivity index (χ4n) is 3.04. The van der Waals surface area contributed by atoms with Crippen LogP contribution in [0.2, 0.25) is 0 Å². The molecule has 0 spiro atoms. The molecule has 0 amide bonds. The van der Waals surface area contributed by atoms with Gasteiger partial charge in [-0.15, -0.1) is 0 Å². The van der Waals surface area contributed by atoms with Crippen LogP contribution in [0.4, 0.5) is 0 Å². The molecule has 0 aliphatic rings. The summed E-state index contributed by atoms with van der Waals surface area (Å²) in [5.74, 6) is 0.0289. The molecule has 2 rings (SSSR count). The second-order valence-corrected chi connectivity index (χ2v) is 7.33. The summed E-state index contributed by atoms with van der Waals surface area (Å²) in [6.45, 7) is 7.90. The summed E-state index contributed by atoms with van der Waals surface area (Å²) in [7, 11) is 2.02. The van der Waals surface area contributed by atoms with Crippen molar-refractivity contribution in [2.24, 2.45) is 0 Å². The van der Waals surface area contributed by atoms with Crippen molar-refractivity contribution in [3.05, 3.63) is 56.8 Å². The second kappa shape index (κ2) is 7.45. The van der Waals surface area contributed by atoms with Gasteiger partial charge in [-0.25, -0.2) is 0 Å². The van der Waals surface area contributed by atoms with Gasteiger partial charge in [-0.05, 0) is 45.4 Å². The SMILES string of the molecule is CC(=O)c1c(C)[nH]c(C(=O)[C@@H](C)[NH+](C)Cc2ccc(Br)cc2)c1C. The lowest BCUT2D eigenvalue weighted by molar-refractivity contribution is -0.907. The molecule has 0 aliphatic heterocycles. The van der Waals surface area contributed by atoms with Crippen LogP contribution in [-0.4, -0.2) is 29.6 Å². The molecule has 2 atom stereocenters. The zero-order valence-electron chi connectivity index (χ0n) is 14.8. The van der Waals surface area contributed by atoms with E-state index in [1.807, 2.05) is 40.0 Å². The predicted octanol–water partition coefficient (Wildman–Crippen LogP) is 2.88. The Hall–Kier alpha value is -1.72. The van der Waals surface area contributed by atoms with Crippen molar-refractivity contribution >= 4 is 27.5 Å². The summed E-state index contributed by atoms with van der Waals surface area (Å²) in [6, 6.07) is 7.93. The van der Waals surface area contributed by atoms with E-state index in [-0.39, 0.29) is 17.6 Å². The van der Waals surface area contributed by atoms with Crippen LogP contribution in [0.15, 0.2) is 28.7 Å². The van der Waals surface area contributed by atoms with Crippen molar-refractivity contribution in [2.45, 2.75) is 40.3 Å². The standard InChI is InChI=1S/C19H23BrN2O2/c1-11-17(14(4)23)12(2)21-18(11)19(24)13(3)22(5)10-15-6-8-16(20)9-7-15/h6-9,13,21H,10H2,1-5H3/p+1/t13-/m1/s1. The molecule has 4 nitrogen and oxygen atoms in total. The van der Waals surface area contributed by atoms with Gasteiger partial charge in [0.05, 0.1) is 12.7 Å². The van der Waals surface area contributed by atoms with Gasteiger partial charge in [0.25, 0.3) is 0 Å². The molecular formula is C19H24BrN2O2+. The van der Waals surface area contributed by atoms with Crippen LogP contribution in [0.5, 0.6) is 0 Å². The number of quaternary nitrogens is 1. The molecule has 0 radical (unpaired) electrons. The summed E-state index contributed by atoms with van der Waals surface area (Å²) in [4.78, 5) is 28.8. The maximum Gasteiger partial charge on any atom is 0.235 e. The maximum atomic E-state index is 12.9. The molecule has 0 bridgehead atoms.